The lowest BCUT2D eigenvalue weighted by Crippen LogP contribution is -2.36. The number of carbonyl (C=O) groups is 1. The topological polar surface area (TPSA) is 64.4 Å². The van der Waals surface area contributed by atoms with E-state index in [-0.39, 0.29) is 5.91 Å². The lowest BCUT2D eigenvalue weighted by atomic mass is 10.2. The second kappa shape index (κ2) is 6.63. The summed E-state index contributed by atoms with van der Waals surface area (Å²) in [5, 5.41) is 7.21. The summed E-state index contributed by atoms with van der Waals surface area (Å²) in [7, 11) is 0. The van der Waals surface area contributed by atoms with Crippen molar-refractivity contribution in [2.24, 2.45) is 0 Å². The maximum absolute atomic E-state index is 12.0. The monoisotopic (exact) mass is 308 g/mol. The van der Waals surface area contributed by atoms with Gasteiger partial charge in [-0.3, -0.25) is 4.79 Å². The van der Waals surface area contributed by atoms with Crippen LogP contribution in [0.1, 0.15) is 23.9 Å². The van der Waals surface area contributed by atoms with Crippen LogP contribution in [0.4, 0.5) is 0 Å². The van der Waals surface area contributed by atoms with Crippen molar-refractivity contribution in [2.75, 3.05) is 0 Å². The van der Waals surface area contributed by atoms with Gasteiger partial charge in [0, 0.05) is 17.1 Å². The standard InChI is InChI=1S/C15H17ClN2O3/c1-9-14(10(2)21-18-9)8-17-15(19)11(3)20-13-6-4-5-12(16)7-13/h4-7,11H,8H2,1-3H3,(H,17,19)/t11-/m0/s1. The molecule has 0 radical (unpaired) electrons. The molecule has 0 bridgehead atoms. The Bertz CT molecular complexity index is 620. The summed E-state index contributed by atoms with van der Waals surface area (Å²) in [4.78, 5) is 12.0. The van der Waals surface area contributed by atoms with Gasteiger partial charge in [-0.25, -0.2) is 0 Å². The van der Waals surface area contributed by atoms with Crippen LogP contribution in [0.5, 0.6) is 5.75 Å². The van der Waals surface area contributed by atoms with Crippen molar-refractivity contribution in [2.45, 2.75) is 33.4 Å². The fourth-order valence-corrected chi connectivity index (χ4v) is 2.05. The molecule has 112 valence electrons. The number of carbonyl (C=O) groups excluding carboxylic acids is 1. The highest BCUT2D eigenvalue weighted by Crippen LogP contribution is 2.18. The molecule has 0 saturated heterocycles. The average Bonchev–Trinajstić information content (AvgIpc) is 2.75. The summed E-state index contributed by atoms with van der Waals surface area (Å²) in [6.07, 6.45) is -0.621. The van der Waals surface area contributed by atoms with Gasteiger partial charge in [0.1, 0.15) is 11.5 Å². The van der Waals surface area contributed by atoms with Crippen molar-refractivity contribution in [1.82, 2.24) is 10.5 Å². The van der Waals surface area contributed by atoms with Gasteiger partial charge >= 0.3 is 0 Å². The van der Waals surface area contributed by atoms with Crippen molar-refractivity contribution < 1.29 is 14.1 Å². The van der Waals surface area contributed by atoms with E-state index in [2.05, 4.69) is 10.5 Å². The van der Waals surface area contributed by atoms with Crippen LogP contribution in [0.3, 0.4) is 0 Å². The molecule has 0 aliphatic heterocycles. The number of hydrogen-bond donors (Lipinski definition) is 1. The van der Waals surface area contributed by atoms with Crippen LogP contribution >= 0.6 is 11.6 Å². The minimum absolute atomic E-state index is 0.213. The van der Waals surface area contributed by atoms with Gasteiger partial charge < -0.3 is 14.6 Å². The van der Waals surface area contributed by atoms with E-state index < -0.39 is 6.10 Å². The van der Waals surface area contributed by atoms with E-state index in [0.717, 1.165) is 11.3 Å². The maximum atomic E-state index is 12.0. The van der Waals surface area contributed by atoms with Gasteiger partial charge in [0.2, 0.25) is 0 Å². The number of aromatic nitrogens is 1. The quantitative estimate of drug-likeness (QED) is 0.922. The zero-order valence-corrected chi connectivity index (χ0v) is 12.9. The molecule has 0 spiro atoms. The first kappa shape index (κ1) is 15.4. The molecule has 1 aromatic carbocycles. The van der Waals surface area contributed by atoms with Crippen LogP contribution in [-0.2, 0) is 11.3 Å². The SMILES string of the molecule is Cc1noc(C)c1CNC(=O)[C@H](C)Oc1cccc(Cl)c1. The summed E-state index contributed by atoms with van der Waals surface area (Å²) >= 11 is 5.87. The van der Waals surface area contributed by atoms with Crippen molar-refractivity contribution >= 4 is 17.5 Å². The molecule has 0 aliphatic rings. The summed E-state index contributed by atoms with van der Waals surface area (Å²) in [6.45, 7) is 5.70. The number of halogens is 1. The maximum Gasteiger partial charge on any atom is 0.261 e. The third kappa shape index (κ3) is 3.98. The average molecular weight is 309 g/mol. The van der Waals surface area contributed by atoms with Crippen molar-refractivity contribution in [1.29, 1.82) is 0 Å². The van der Waals surface area contributed by atoms with Crippen molar-refractivity contribution in [3.63, 3.8) is 0 Å². The number of benzene rings is 1. The molecule has 1 heterocycles. The zero-order chi connectivity index (χ0) is 15.4. The Morgan fingerprint density at radius 2 is 2.24 bits per heavy atom. The van der Waals surface area contributed by atoms with E-state index in [0.29, 0.717) is 23.1 Å². The fraction of sp³-hybridized carbons (Fsp3) is 0.333. The minimum atomic E-state index is -0.621. The minimum Gasteiger partial charge on any atom is -0.481 e. The van der Waals surface area contributed by atoms with Crippen LogP contribution in [0.15, 0.2) is 28.8 Å². The largest absolute Gasteiger partial charge is 0.481 e. The second-order valence-electron chi connectivity index (χ2n) is 4.74. The third-order valence-electron chi connectivity index (χ3n) is 3.10. The number of nitrogens with zero attached hydrogens (tertiary/aromatic N) is 1. The normalized spacial score (nSPS) is 12.0. The molecule has 0 saturated carbocycles. The summed E-state index contributed by atoms with van der Waals surface area (Å²) < 4.78 is 10.6. The van der Waals surface area contributed by atoms with Crippen LogP contribution in [0.2, 0.25) is 5.02 Å². The highest BCUT2D eigenvalue weighted by atomic mass is 35.5. The Hall–Kier alpha value is -2.01. The van der Waals surface area contributed by atoms with Crippen LogP contribution in [0.25, 0.3) is 0 Å². The molecular weight excluding hydrogens is 292 g/mol. The molecule has 6 heteroatoms. The molecule has 2 aromatic rings. The van der Waals surface area contributed by atoms with Gasteiger partial charge in [-0.15, -0.1) is 0 Å². The predicted octanol–water partition coefficient (Wildman–Crippen LogP) is 3.03. The molecular formula is C15H17ClN2O3. The summed E-state index contributed by atoms with van der Waals surface area (Å²) in [5.74, 6) is 1.05. The molecule has 1 aromatic heterocycles. The van der Waals surface area contributed by atoms with E-state index in [1.807, 2.05) is 13.8 Å². The van der Waals surface area contributed by atoms with E-state index >= 15 is 0 Å². The van der Waals surface area contributed by atoms with Gasteiger partial charge in [-0.2, -0.15) is 0 Å². The molecule has 21 heavy (non-hydrogen) atoms. The van der Waals surface area contributed by atoms with E-state index in [1.165, 1.54) is 0 Å². The molecule has 1 atom stereocenters. The first-order valence-electron chi connectivity index (χ1n) is 6.59. The Morgan fingerprint density at radius 3 is 2.86 bits per heavy atom. The first-order chi connectivity index (χ1) is 9.97. The van der Waals surface area contributed by atoms with E-state index in [9.17, 15) is 4.79 Å². The highest BCUT2D eigenvalue weighted by Gasteiger charge is 2.16. The zero-order valence-electron chi connectivity index (χ0n) is 12.1. The predicted molar refractivity (Wildman–Crippen MR) is 79.4 cm³/mol. The van der Waals surface area contributed by atoms with Crippen LogP contribution in [0, 0.1) is 13.8 Å². The number of ether oxygens (including phenoxy) is 1. The Kier molecular flexibility index (Phi) is 4.85. The second-order valence-corrected chi connectivity index (χ2v) is 5.17. The first-order valence-corrected chi connectivity index (χ1v) is 6.97. The third-order valence-corrected chi connectivity index (χ3v) is 3.33. The molecule has 0 fully saturated rings. The number of aryl methyl sites for hydroxylation is 2. The molecule has 0 unspecified atom stereocenters. The smallest absolute Gasteiger partial charge is 0.261 e. The fourth-order valence-electron chi connectivity index (χ4n) is 1.87. The number of hydrogen-bond acceptors (Lipinski definition) is 4. The van der Waals surface area contributed by atoms with E-state index in [1.54, 1.807) is 31.2 Å². The Balaban J connectivity index is 1.91. The van der Waals surface area contributed by atoms with E-state index in [4.69, 9.17) is 20.9 Å². The lowest BCUT2D eigenvalue weighted by molar-refractivity contribution is -0.127. The van der Waals surface area contributed by atoms with Gasteiger partial charge in [0.25, 0.3) is 5.91 Å². The highest BCUT2D eigenvalue weighted by molar-refractivity contribution is 6.30. The molecule has 1 N–H and O–H groups in total. The number of nitrogens with one attached hydrogen (secondary N) is 1. The van der Waals surface area contributed by atoms with Gasteiger partial charge in [0.05, 0.1) is 5.69 Å². The van der Waals surface area contributed by atoms with Crippen molar-refractivity contribution in [3.8, 4) is 5.75 Å². The van der Waals surface area contributed by atoms with Crippen molar-refractivity contribution in [3.05, 3.63) is 46.3 Å². The van der Waals surface area contributed by atoms with Gasteiger partial charge in [-0.1, -0.05) is 22.8 Å². The van der Waals surface area contributed by atoms with Gasteiger partial charge in [-0.05, 0) is 39.0 Å². The Labute approximate surface area is 128 Å². The summed E-state index contributed by atoms with van der Waals surface area (Å²) in [6, 6.07) is 6.94. The summed E-state index contributed by atoms with van der Waals surface area (Å²) in [5.41, 5.74) is 1.66. The number of amides is 1. The Morgan fingerprint density at radius 1 is 1.48 bits per heavy atom. The van der Waals surface area contributed by atoms with Crippen LogP contribution < -0.4 is 10.1 Å². The lowest BCUT2D eigenvalue weighted by Gasteiger charge is -2.14. The molecule has 5 nitrogen and oxygen atoms in total. The van der Waals surface area contributed by atoms with Gasteiger partial charge in [0.15, 0.2) is 6.10 Å². The molecule has 1 amide bonds. The van der Waals surface area contributed by atoms with Crippen LogP contribution in [-0.4, -0.2) is 17.2 Å². The number of rotatable bonds is 5. The molecule has 2 rings (SSSR count). The molecule has 0 aliphatic carbocycles.